The molecule has 7 nitrogen and oxygen atoms in total. The molecule has 0 aromatic heterocycles. The highest BCUT2D eigenvalue weighted by molar-refractivity contribution is 5.78. The molecule has 3 rings (SSSR count). The normalized spacial score (nSPS) is 13.9. The Morgan fingerprint density at radius 1 is 1.18 bits per heavy atom. The first-order valence-electron chi connectivity index (χ1n) is 9.34. The second-order valence-corrected chi connectivity index (χ2v) is 6.90. The number of hydrogen-bond donors (Lipinski definition) is 1. The Hall–Kier alpha value is -3.09. The van der Waals surface area contributed by atoms with E-state index in [1.807, 2.05) is 13.0 Å². The molecule has 1 atom stereocenters. The van der Waals surface area contributed by atoms with Crippen LogP contribution in [-0.2, 0) is 17.6 Å². The van der Waals surface area contributed by atoms with E-state index in [1.54, 1.807) is 6.07 Å². The van der Waals surface area contributed by atoms with Crippen molar-refractivity contribution in [1.82, 2.24) is 5.32 Å². The Labute approximate surface area is 163 Å². The molecule has 2 aromatic rings. The average Bonchev–Trinajstić information content (AvgIpc) is 2.71. The third kappa shape index (κ3) is 4.60. The third-order valence-electron chi connectivity index (χ3n) is 4.97. The molecular weight excluding hydrogens is 360 g/mol. The molecule has 0 fully saturated rings. The van der Waals surface area contributed by atoms with Crippen LogP contribution in [0.2, 0.25) is 0 Å². The SMILES string of the molecule is COc1ccc(OCC(=O)N[C@H](C)c2ccc3c(c2)CCCC3)c([N+](=O)[O-])c1. The number of methoxy groups -OCH3 is 1. The van der Waals surface area contributed by atoms with E-state index in [0.29, 0.717) is 5.75 Å². The molecule has 2 aromatic carbocycles. The van der Waals surface area contributed by atoms with Crippen molar-refractivity contribution in [2.75, 3.05) is 13.7 Å². The predicted octanol–water partition coefficient (Wildman–Crippen LogP) is 3.74. The average molecular weight is 384 g/mol. The van der Waals surface area contributed by atoms with Crippen LogP contribution in [0, 0.1) is 10.1 Å². The van der Waals surface area contributed by atoms with Crippen molar-refractivity contribution in [3.63, 3.8) is 0 Å². The summed E-state index contributed by atoms with van der Waals surface area (Å²) in [7, 11) is 1.43. The largest absolute Gasteiger partial charge is 0.496 e. The lowest BCUT2D eigenvalue weighted by Crippen LogP contribution is -2.31. The van der Waals surface area contributed by atoms with Gasteiger partial charge in [-0.15, -0.1) is 0 Å². The third-order valence-corrected chi connectivity index (χ3v) is 4.97. The molecule has 0 radical (unpaired) electrons. The van der Waals surface area contributed by atoms with Crippen LogP contribution in [-0.4, -0.2) is 24.5 Å². The summed E-state index contributed by atoms with van der Waals surface area (Å²) in [4.78, 5) is 22.9. The fraction of sp³-hybridized carbons (Fsp3) is 0.381. The number of carbonyl (C=O) groups excluding carboxylic acids is 1. The number of amides is 1. The first kappa shape index (κ1) is 19.7. The Kier molecular flexibility index (Phi) is 6.13. The highest BCUT2D eigenvalue weighted by Crippen LogP contribution is 2.31. The Balaban J connectivity index is 1.61. The van der Waals surface area contributed by atoms with Crippen LogP contribution >= 0.6 is 0 Å². The molecule has 0 unspecified atom stereocenters. The number of ether oxygens (including phenoxy) is 2. The summed E-state index contributed by atoms with van der Waals surface area (Å²) in [5, 5.41) is 14.1. The molecule has 7 heteroatoms. The quantitative estimate of drug-likeness (QED) is 0.580. The van der Waals surface area contributed by atoms with E-state index < -0.39 is 4.92 Å². The number of rotatable bonds is 7. The van der Waals surface area contributed by atoms with E-state index in [4.69, 9.17) is 9.47 Å². The van der Waals surface area contributed by atoms with Gasteiger partial charge in [-0.3, -0.25) is 14.9 Å². The lowest BCUT2D eigenvalue weighted by atomic mass is 9.89. The van der Waals surface area contributed by atoms with Crippen molar-refractivity contribution >= 4 is 11.6 Å². The molecule has 1 N–H and O–H groups in total. The van der Waals surface area contributed by atoms with Crippen molar-refractivity contribution in [2.45, 2.75) is 38.6 Å². The minimum absolute atomic E-state index is 0.0300. The molecule has 28 heavy (non-hydrogen) atoms. The van der Waals surface area contributed by atoms with Gasteiger partial charge in [-0.1, -0.05) is 18.2 Å². The summed E-state index contributed by atoms with van der Waals surface area (Å²) in [5.74, 6) is 0.0438. The standard InChI is InChI=1S/C21H24N2O5/c1-14(16-8-7-15-5-3-4-6-17(15)11-16)22-21(24)13-28-20-10-9-18(27-2)12-19(20)23(25)26/h7-12,14H,3-6,13H2,1-2H3,(H,22,24)/t14-/m1/s1. The van der Waals surface area contributed by atoms with Gasteiger partial charge in [-0.05, 0) is 61.4 Å². The lowest BCUT2D eigenvalue weighted by molar-refractivity contribution is -0.385. The lowest BCUT2D eigenvalue weighted by Gasteiger charge is -2.20. The van der Waals surface area contributed by atoms with Crippen LogP contribution in [0.15, 0.2) is 36.4 Å². The smallest absolute Gasteiger partial charge is 0.314 e. The summed E-state index contributed by atoms with van der Waals surface area (Å²) in [6.45, 7) is 1.61. The molecule has 0 aliphatic heterocycles. The van der Waals surface area contributed by atoms with Crippen molar-refractivity contribution in [2.24, 2.45) is 0 Å². The second kappa shape index (κ2) is 8.73. The van der Waals surface area contributed by atoms with Crippen LogP contribution < -0.4 is 14.8 Å². The number of hydrogen-bond acceptors (Lipinski definition) is 5. The van der Waals surface area contributed by atoms with Gasteiger partial charge in [0.25, 0.3) is 5.91 Å². The zero-order valence-electron chi connectivity index (χ0n) is 16.1. The molecule has 148 valence electrons. The molecule has 0 saturated heterocycles. The van der Waals surface area contributed by atoms with E-state index >= 15 is 0 Å². The first-order chi connectivity index (χ1) is 13.5. The minimum atomic E-state index is -0.564. The summed E-state index contributed by atoms with van der Waals surface area (Å²) < 4.78 is 10.4. The Morgan fingerprint density at radius 3 is 2.64 bits per heavy atom. The minimum Gasteiger partial charge on any atom is -0.496 e. The molecule has 0 heterocycles. The fourth-order valence-corrected chi connectivity index (χ4v) is 3.42. The van der Waals surface area contributed by atoms with Crippen LogP contribution in [0.5, 0.6) is 11.5 Å². The predicted molar refractivity (Wildman–Crippen MR) is 105 cm³/mol. The molecule has 0 saturated carbocycles. The number of nitrogens with zero attached hydrogens (tertiary/aromatic N) is 1. The second-order valence-electron chi connectivity index (χ2n) is 6.90. The summed E-state index contributed by atoms with van der Waals surface area (Å²) in [5.41, 5.74) is 3.55. The number of nitrogens with one attached hydrogen (secondary N) is 1. The van der Waals surface area contributed by atoms with Crippen LogP contribution in [0.4, 0.5) is 5.69 Å². The van der Waals surface area contributed by atoms with Gasteiger partial charge < -0.3 is 14.8 Å². The molecule has 1 aliphatic rings. The van der Waals surface area contributed by atoms with Gasteiger partial charge in [0, 0.05) is 0 Å². The number of nitro groups is 1. The summed E-state index contributed by atoms with van der Waals surface area (Å²) in [6, 6.07) is 10.4. The topological polar surface area (TPSA) is 90.7 Å². The van der Waals surface area contributed by atoms with Gasteiger partial charge in [-0.2, -0.15) is 0 Å². The van der Waals surface area contributed by atoms with E-state index in [1.165, 1.54) is 43.2 Å². The fourth-order valence-electron chi connectivity index (χ4n) is 3.42. The zero-order valence-corrected chi connectivity index (χ0v) is 16.1. The van der Waals surface area contributed by atoms with Crippen LogP contribution in [0.25, 0.3) is 0 Å². The van der Waals surface area contributed by atoms with Gasteiger partial charge in [0.15, 0.2) is 12.4 Å². The Bertz CT molecular complexity index is 881. The number of nitro benzene ring substituents is 1. The zero-order chi connectivity index (χ0) is 20.1. The molecule has 0 bridgehead atoms. The van der Waals surface area contributed by atoms with Crippen molar-refractivity contribution in [3.05, 3.63) is 63.2 Å². The van der Waals surface area contributed by atoms with Gasteiger partial charge in [-0.25, -0.2) is 0 Å². The van der Waals surface area contributed by atoms with Gasteiger partial charge >= 0.3 is 5.69 Å². The first-order valence-corrected chi connectivity index (χ1v) is 9.34. The monoisotopic (exact) mass is 384 g/mol. The van der Waals surface area contributed by atoms with Crippen LogP contribution in [0.3, 0.4) is 0 Å². The molecule has 0 spiro atoms. The number of carbonyl (C=O) groups is 1. The van der Waals surface area contributed by atoms with E-state index in [2.05, 4.69) is 17.4 Å². The van der Waals surface area contributed by atoms with E-state index in [0.717, 1.165) is 18.4 Å². The summed E-state index contributed by atoms with van der Waals surface area (Å²) >= 11 is 0. The number of fused-ring (bicyclic) bond motifs is 1. The highest BCUT2D eigenvalue weighted by atomic mass is 16.6. The van der Waals surface area contributed by atoms with Crippen molar-refractivity contribution in [1.29, 1.82) is 0 Å². The van der Waals surface area contributed by atoms with Gasteiger partial charge in [0.05, 0.1) is 24.1 Å². The number of aryl methyl sites for hydroxylation is 2. The van der Waals surface area contributed by atoms with Crippen molar-refractivity contribution < 1.29 is 19.2 Å². The highest BCUT2D eigenvalue weighted by Gasteiger charge is 2.19. The Morgan fingerprint density at radius 2 is 1.93 bits per heavy atom. The molecule has 1 aliphatic carbocycles. The maximum Gasteiger partial charge on any atom is 0.314 e. The van der Waals surface area contributed by atoms with E-state index in [-0.39, 0.29) is 30.0 Å². The maximum atomic E-state index is 12.3. The van der Waals surface area contributed by atoms with E-state index in [9.17, 15) is 14.9 Å². The molecular formula is C21H24N2O5. The van der Waals surface area contributed by atoms with Gasteiger partial charge in [0.2, 0.25) is 0 Å². The van der Waals surface area contributed by atoms with Crippen molar-refractivity contribution in [3.8, 4) is 11.5 Å². The van der Waals surface area contributed by atoms with Gasteiger partial charge in [0.1, 0.15) is 5.75 Å². The maximum absolute atomic E-state index is 12.3. The summed E-state index contributed by atoms with van der Waals surface area (Å²) in [6.07, 6.45) is 4.62. The van der Waals surface area contributed by atoms with Crippen LogP contribution in [0.1, 0.15) is 42.5 Å². The number of benzene rings is 2. The molecule has 1 amide bonds.